The number of fused-ring (bicyclic) bond motifs is 1. The highest BCUT2D eigenvalue weighted by molar-refractivity contribution is 5.71. The monoisotopic (exact) mass is 312 g/mol. The Hall–Kier alpha value is -1.42. The Balaban J connectivity index is 1.65. The fraction of sp³-hybridized carbons (Fsp3) is 0.684. The van der Waals surface area contributed by atoms with Crippen LogP contribution >= 0.6 is 0 Å². The van der Waals surface area contributed by atoms with Crippen molar-refractivity contribution in [3.63, 3.8) is 0 Å². The van der Waals surface area contributed by atoms with Gasteiger partial charge in [0.25, 0.3) is 0 Å². The van der Waals surface area contributed by atoms with Gasteiger partial charge < -0.3 is 9.47 Å². The Kier molecular flexibility index (Phi) is 4.34. The van der Waals surface area contributed by atoms with Crippen LogP contribution in [-0.4, -0.2) is 39.1 Å². The Morgan fingerprint density at radius 3 is 2.83 bits per heavy atom. The van der Waals surface area contributed by atoms with Crippen molar-refractivity contribution in [2.24, 2.45) is 5.92 Å². The second-order valence-corrected chi connectivity index (χ2v) is 7.29. The van der Waals surface area contributed by atoms with Crippen molar-refractivity contribution >= 4 is 11.2 Å². The molecule has 0 bridgehead atoms. The number of rotatable bonds is 4. The highest BCUT2D eigenvalue weighted by Gasteiger charge is 2.27. The zero-order chi connectivity index (χ0) is 15.6. The van der Waals surface area contributed by atoms with Gasteiger partial charge in [-0.25, -0.2) is 9.97 Å². The maximum atomic E-state index is 4.98. The highest BCUT2D eigenvalue weighted by Crippen LogP contribution is 2.33. The van der Waals surface area contributed by atoms with Gasteiger partial charge in [-0.1, -0.05) is 26.2 Å². The normalized spacial score (nSPS) is 23.8. The number of likely N-dealkylation sites (tertiary alicyclic amines) is 1. The molecule has 124 valence electrons. The first-order valence-electron chi connectivity index (χ1n) is 9.39. The molecule has 3 heterocycles. The smallest absolute Gasteiger partial charge is 0.160 e. The summed E-state index contributed by atoms with van der Waals surface area (Å²) in [6.07, 6.45) is 11.0. The van der Waals surface area contributed by atoms with Crippen LogP contribution in [0.4, 0.5) is 0 Å². The summed E-state index contributed by atoms with van der Waals surface area (Å²) in [4.78, 5) is 12.2. The van der Waals surface area contributed by atoms with Crippen molar-refractivity contribution in [3.8, 4) is 0 Å². The van der Waals surface area contributed by atoms with Gasteiger partial charge in [-0.05, 0) is 50.4 Å². The summed E-state index contributed by atoms with van der Waals surface area (Å²) in [6.45, 7) is 5.93. The van der Waals surface area contributed by atoms with Crippen molar-refractivity contribution in [3.05, 3.63) is 24.2 Å². The molecule has 1 aliphatic carbocycles. The van der Waals surface area contributed by atoms with Gasteiger partial charge in [-0.3, -0.25) is 0 Å². The maximum absolute atomic E-state index is 4.98. The predicted molar refractivity (Wildman–Crippen MR) is 93.6 cm³/mol. The molecule has 4 rings (SSSR count). The second-order valence-electron chi connectivity index (χ2n) is 7.29. The molecule has 1 saturated carbocycles. The van der Waals surface area contributed by atoms with E-state index in [1.54, 1.807) is 0 Å². The molecular formula is C19H28N4. The summed E-state index contributed by atoms with van der Waals surface area (Å²) in [5.74, 6) is 2.04. The largest absolute Gasteiger partial charge is 0.310 e. The molecular weight excluding hydrogens is 284 g/mol. The molecule has 0 N–H and O–H groups in total. The van der Waals surface area contributed by atoms with Crippen LogP contribution in [0.2, 0.25) is 0 Å². The highest BCUT2D eigenvalue weighted by atomic mass is 15.2. The first kappa shape index (κ1) is 15.1. The lowest BCUT2D eigenvalue weighted by molar-refractivity contribution is 0.330. The van der Waals surface area contributed by atoms with Gasteiger partial charge in [0.15, 0.2) is 5.65 Å². The molecule has 0 aromatic carbocycles. The number of hydrogen-bond donors (Lipinski definition) is 0. The van der Waals surface area contributed by atoms with Gasteiger partial charge in [0, 0.05) is 25.2 Å². The van der Waals surface area contributed by atoms with Gasteiger partial charge in [0.2, 0.25) is 0 Å². The van der Waals surface area contributed by atoms with Crippen molar-refractivity contribution in [2.45, 2.75) is 57.9 Å². The molecule has 1 aliphatic heterocycles. The SMILES string of the molecule is CCN1CCC(Cc2nc3cccnc3n2C2CCCCC2)C1. The molecule has 0 radical (unpaired) electrons. The van der Waals surface area contributed by atoms with Crippen LogP contribution in [0.1, 0.15) is 57.3 Å². The lowest BCUT2D eigenvalue weighted by Gasteiger charge is -2.25. The first-order chi connectivity index (χ1) is 11.3. The van der Waals surface area contributed by atoms with E-state index >= 15 is 0 Å². The fourth-order valence-electron chi connectivity index (χ4n) is 4.47. The molecule has 1 saturated heterocycles. The quantitative estimate of drug-likeness (QED) is 0.860. The zero-order valence-corrected chi connectivity index (χ0v) is 14.2. The molecule has 23 heavy (non-hydrogen) atoms. The second kappa shape index (κ2) is 6.60. The fourth-order valence-corrected chi connectivity index (χ4v) is 4.47. The number of aromatic nitrogens is 3. The van der Waals surface area contributed by atoms with Crippen LogP contribution in [-0.2, 0) is 6.42 Å². The Morgan fingerprint density at radius 2 is 2.04 bits per heavy atom. The van der Waals surface area contributed by atoms with Crippen molar-refractivity contribution < 1.29 is 0 Å². The Morgan fingerprint density at radius 1 is 1.17 bits per heavy atom. The van der Waals surface area contributed by atoms with E-state index in [1.807, 2.05) is 12.3 Å². The molecule has 2 aromatic rings. The third kappa shape index (κ3) is 3.01. The predicted octanol–water partition coefficient (Wildman–Crippen LogP) is 3.82. The van der Waals surface area contributed by atoms with Gasteiger partial charge in [0.1, 0.15) is 11.3 Å². The van der Waals surface area contributed by atoms with Crippen molar-refractivity contribution in [1.82, 2.24) is 19.4 Å². The average molecular weight is 312 g/mol. The van der Waals surface area contributed by atoms with Crippen LogP contribution in [0.15, 0.2) is 18.3 Å². The number of imidazole rings is 1. The van der Waals surface area contributed by atoms with Crippen LogP contribution in [0.3, 0.4) is 0 Å². The topological polar surface area (TPSA) is 34.0 Å². The molecule has 2 aliphatic rings. The van der Waals surface area contributed by atoms with E-state index in [9.17, 15) is 0 Å². The minimum Gasteiger partial charge on any atom is -0.310 e. The minimum atomic E-state index is 0.613. The van der Waals surface area contributed by atoms with Gasteiger partial charge in [-0.15, -0.1) is 0 Å². The third-order valence-corrected chi connectivity index (χ3v) is 5.75. The number of nitrogens with zero attached hydrogens (tertiary/aromatic N) is 4. The van der Waals surface area contributed by atoms with Crippen LogP contribution in [0.5, 0.6) is 0 Å². The first-order valence-corrected chi connectivity index (χ1v) is 9.39. The summed E-state index contributed by atoms with van der Waals surface area (Å²) in [6, 6.07) is 4.75. The summed E-state index contributed by atoms with van der Waals surface area (Å²) >= 11 is 0. The van der Waals surface area contributed by atoms with E-state index in [-0.39, 0.29) is 0 Å². The molecule has 4 heteroatoms. The summed E-state index contributed by atoms with van der Waals surface area (Å²) in [5.41, 5.74) is 2.19. The Labute approximate surface area is 138 Å². The van der Waals surface area contributed by atoms with E-state index < -0.39 is 0 Å². The van der Waals surface area contributed by atoms with Crippen LogP contribution in [0, 0.1) is 5.92 Å². The van der Waals surface area contributed by atoms with E-state index in [4.69, 9.17) is 4.98 Å². The van der Waals surface area contributed by atoms with Crippen molar-refractivity contribution in [1.29, 1.82) is 0 Å². The average Bonchev–Trinajstić information content (AvgIpc) is 3.19. The summed E-state index contributed by atoms with van der Waals surface area (Å²) in [5, 5.41) is 0. The molecule has 1 unspecified atom stereocenters. The van der Waals surface area contributed by atoms with Gasteiger partial charge in [-0.2, -0.15) is 0 Å². The summed E-state index contributed by atoms with van der Waals surface area (Å²) < 4.78 is 2.50. The number of pyridine rings is 1. The molecule has 4 nitrogen and oxygen atoms in total. The standard InChI is InChI=1S/C19H28N4/c1-2-22-12-10-15(14-22)13-18-21-17-9-6-11-20-19(17)23(18)16-7-4-3-5-8-16/h6,9,11,15-16H,2-5,7-8,10,12-14H2,1H3. The minimum absolute atomic E-state index is 0.613. The van der Waals surface area contributed by atoms with E-state index in [0.29, 0.717) is 6.04 Å². The van der Waals surface area contributed by atoms with Crippen molar-refractivity contribution in [2.75, 3.05) is 19.6 Å². The van der Waals surface area contributed by atoms with E-state index in [1.165, 1.54) is 64.0 Å². The molecule has 0 amide bonds. The van der Waals surface area contributed by atoms with Crippen LogP contribution < -0.4 is 0 Å². The van der Waals surface area contributed by atoms with Gasteiger partial charge in [0.05, 0.1) is 0 Å². The van der Waals surface area contributed by atoms with Crippen LogP contribution in [0.25, 0.3) is 11.2 Å². The number of hydrogen-bond acceptors (Lipinski definition) is 3. The molecule has 1 atom stereocenters. The zero-order valence-electron chi connectivity index (χ0n) is 14.2. The summed E-state index contributed by atoms with van der Waals surface area (Å²) in [7, 11) is 0. The third-order valence-electron chi connectivity index (χ3n) is 5.75. The maximum Gasteiger partial charge on any atom is 0.160 e. The van der Waals surface area contributed by atoms with E-state index in [0.717, 1.165) is 23.5 Å². The molecule has 2 aromatic heterocycles. The van der Waals surface area contributed by atoms with E-state index in [2.05, 4.69) is 27.4 Å². The van der Waals surface area contributed by atoms with Gasteiger partial charge >= 0.3 is 0 Å². The lowest BCUT2D eigenvalue weighted by atomic mass is 9.94. The molecule has 2 fully saturated rings. The lowest BCUT2D eigenvalue weighted by Crippen LogP contribution is -2.22. The molecule has 0 spiro atoms. The Bertz CT molecular complexity index is 656.